The van der Waals surface area contributed by atoms with Crippen LogP contribution in [-0.2, 0) is 38.1 Å². The topological polar surface area (TPSA) is 182 Å². The van der Waals surface area contributed by atoms with Crippen molar-refractivity contribution in [2.75, 3.05) is 83.1 Å². The summed E-state index contributed by atoms with van der Waals surface area (Å²) in [5, 5.41) is 8.44. The molecule has 15 nitrogen and oxygen atoms in total. The summed E-state index contributed by atoms with van der Waals surface area (Å²) in [6.45, 7) is 7.25. The molecule has 6 atom stereocenters. The number of hydrogen-bond donors (Lipinski definition) is 3. The Morgan fingerprint density at radius 2 is 1.63 bits per heavy atom. The fraction of sp³-hybridized carbons (Fsp3) is 0.564. The maximum atomic E-state index is 13.3. The number of allylic oxidation sites excluding steroid dienone is 4. The van der Waals surface area contributed by atoms with E-state index in [1.54, 1.807) is 23.8 Å². The SMILES string of the molecule is CC#C[C@]12CC[C@H]3[C@@H]4CCC5=CC(=O)CCC5=C4[C@@H](c4ccc(N(C)CCCC(=O)NCCCOCCOCCOCCCNc5cccc6c5C(=O)N(C5CCC(=O)NC5=O)C6=O)cc4)C[C@@]31CO2. The summed E-state index contributed by atoms with van der Waals surface area (Å²) >= 11 is 0. The number of rotatable bonds is 22. The minimum atomic E-state index is -1.01. The maximum absolute atomic E-state index is 13.3. The normalized spacial score (nSPS) is 26.5. The summed E-state index contributed by atoms with van der Waals surface area (Å²) in [4.78, 5) is 78.6. The molecule has 0 bridgehead atoms. The van der Waals surface area contributed by atoms with Crippen LogP contribution in [0.3, 0.4) is 0 Å². The zero-order valence-corrected chi connectivity index (χ0v) is 40.7. The van der Waals surface area contributed by atoms with E-state index in [0.29, 0.717) is 95.9 Å². The smallest absolute Gasteiger partial charge is 0.264 e. The Hall–Kier alpha value is -5.66. The molecule has 9 rings (SSSR count). The summed E-state index contributed by atoms with van der Waals surface area (Å²) in [6.07, 6.45) is 11.5. The summed E-state index contributed by atoms with van der Waals surface area (Å²) in [5.41, 5.74) is 7.56. The fourth-order valence-electron chi connectivity index (χ4n) is 12.5. The highest BCUT2D eigenvalue weighted by Gasteiger charge is 2.71. The lowest BCUT2D eigenvalue weighted by atomic mass is 9.49. The van der Waals surface area contributed by atoms with Crippen molar-refractivity contribution < 1.29 is 47.7 Å². The van der Waals surface area contributed by atoms with E-state index >= 15 is 0 Å². The fourth-order valence-corrected chi connectivity index (χ4v) is 12.5. The van der Waals surface area contributed by atoms with E-state index in [1.165, 1.54) is 16.7 Å². The lowest BCUT2D eigenvalue weighted by Gasteiger charge is -2.61. The molecule has 5 amide bonds. The Balaban J connectivity index is 0.617. The highest BCUT2D eigenvalue weighted by atomic mass is 16.5. The number of imide groups is 2. The van der Waals surface area contributed by atoms with Gasteiger partial charge in [-0.05, 0) is 130 Å². The van der Waals surface area contributed by atoms with Crippen LogP contribution in [0.25, 0.3) is 0 Å². The molecule has 372 valence electrons. The molecule has 3 N–H and O–H groups in total. The molecular formula is C55H67N5O10. The molecule has 2 saturated carbocycles. The third kappa shape index (κ3) is 9.85. The van der Waals surface area contributed by atoms with E-state index < -0.39 is 29.7 Å². The van der Waals surface area contributed by atoms with Gasteiger partial charge in [0.05, 0.1) is 44.2 Å². The molecule has 2 aromatic carbocycles. The number of piperidine rings is 1. The van der Waals surface area contributed by atoms with Gasteiger partial charge in [-0.25, -0.2) is 0 Å². The van der Waals surface area contributed by atoms with Crippen LogP contribution in [0.4, 0.5) is 11.4 Å². The quantitative estimate of drug-likeness (QED) is 0.0709. The minimum absolute atomic E-state index is 0.0384. The van der Waals surface area contributed by atoms with E-state index in [4.69, 9.17) is 18.9 Å². The second-order valence-electron chi connectivity index (χ2n) is 19.9. The third-order valence-corrected chi connectivity index (χ3v) is 15.9. The molecule has 7 aliphatic rings. The molecule has 0 aromatic heterocycles. The molecule has 3 aliphatic heterocycles. The van der Waals surface area contributed by atoms with Gasteiger partial charge in [-0.2, -0.15) is 0 Å². The van der Waals surface area contributed by atoms with Crippen LogP contribution in [0, 0.1) is 29.1 Å². The number of ketones is 1. The summed E-state index contributed by atoms with van der Waals surface area (Å²) in [7, 11) is 2.09. The molecule has 2 saturated heterocycles. The van der Waals surface area contributed by atoms with Gasteiger partial charge in [0.1, 0.15) is 11.6 Å². The first-order chi connectivity index (χ1) is 34.0. The maximum Gasteiger partial charge on any atom is 0.264 e. The molecule has 1 unspecified atom stereocenters. The van der Waals surface area contributed by atoms with Crippen molar-refractivity contribution in [1.82, 2.24) is 15.5 Å². The van der Waals surface area contributed by atoms with Gasteiger partial charge < -0.3 is 34.5 Å². The number of benzene rings is 2. The standard InChI is InChI=1S/C55H67N5O10/c1-3-22-55-23-21-44-41-17-13-37-33-39(61)16-18-40(37)49(41)43(34-54(44,55)35-70-55)36-11-14-38(15-12-36)59(2)26-5-10-47(62)57-25-7-28-68-30-32-69-31-29-67-27-6-24-56-45-9-4-8-42-50(45)53(66)60(52(42)65)46-19-20-48(63)58-51(46)64/h4,8-9,11-12,14-15,33,41,43-44,46,56H,5-7,10,13,16-21,23-32,34-35H2,1-2H3,(H,57,62)(H,58,63,64)/t41-,43+,44-,46?,54+,55-/m0/s1. The van der Waals surface area contributed by atoms with E-state index in [1.807, 2.05) is 13.0 Å². The second-order valence-corrected chi connectivity index (χ2v) is 19.9. The van der Waals surface area contributed by atoms with Crippen LogP contribution < -0.4 is 20.9 Å². The van der Waals surface area contributed by atoms with Crippen molar-refractivity contribution in [3.05, 3.63) is 82.0 Å². The number of anilines is 2. The number of amides is 5. The molecule has 0 radical (unpaired) electrons. The Labute approximate surface area is 410 Å². The van der Waals surface area contributed by atoms with Gasteiger partial charge in [0, 0.05) is 81.9 Å². The first kappa shape index (κ1) is 49.3. The first-order valence-electron chi connectivity index (χ1n) is 25.5. The Kier molecular flexibility index (Phi) is 15.3. The lowest BCUT2D eigenvalue weighted by molar-refractivity contribution is -0.245. The average Bonchev–Trinajstić information content (AvgIpc) is 3.73. The van der Waals surface area contributed by atoms with Gasteiger partial charge in [-0.15, -0.1) is 5.92 Å². The molecule has 15 heteroatoms. The summed E-state index contributed by atoms with van der Waals surface area (Å²) < 4.78 is 23.4. The van der Waals surface area contributed by atoms with Gasteiger partial charge >= 0.3 is 0 Å². The van der Waals surface area contributed by atoms with Gasteiger partial charge in [-0.1, -0.05) is 29.7 Å². The van der Waals surface area contributed by atoms with Crippen LogP contribution in [-0.4, -0.2) is 125 Å². The zero-order chi connectivity index (χ0) is 48.8. The van der Waals surface area contributed by atoms with Gasteiger partial charge in [0.15, 0.2) is 5.78 Å². The number of carbonyl (C=O) groups is 6. The predicted octanol–water partition coefficient (Wildman–Crippen LogP) is 6.03. The van der Waals surface area contributed by atoms with Crippen LogP contribution in [0.1, 0.15) is 123 Å². The van der Waals surface area contributed by atoms with Gasteiger partial charge in [0.2, 0.25) is 17.7 Å². The minimum Gasteiger partial charge on any atom is -0.384 e. The largest absolute Gasteiger partial charge is 0.384 e. The van der Waals surface area contributed by atoms with E-state index in [9.17, 15) is 28.8 Å². The molecule has 70 heavy (non-hydrogen) atoms. The molecule has 2 aromatic rings. The summed E-state index contributed by atoms with van der Waals surface area (Å²) in [6, 6.07) is 13.1. The van der Waals surface area contributed by atoms with Crippen molar-refractivity contribution in [2.24, 2.45) is 17.3 Å². The van der Waals surface area contributed by atoms with Crippen molar-refractivity contribution in [3.63, 3.8) is 0 Å². The average molecular weight is 958 g/mol. The van der Waals surface area contributed by atoms with Crippen molar-refractivity contribution >= 4 is 46.7 Å². The molecular weight excluding hydrogens is 891 g/mol. The highest BCUT2D eigenvalue weighted by molar-refractivity contribution is 6.25. The zero-order valence-electron chi connectivity index (χ0n) is 40.7. The Morgan fingerprint density at radius 1 is 0.871 bits per heavy atom. The van der Waals surface area contributed by atoms with Crippen molar-refractivity contribution in [1.29, 1.82) is 0 Å². The van der Waals surface area contributed by atoms with Gasteiger partial charge in [0.25, 0.3) is 11.8 Å². The van der Waals surface area contributed by atoms with E-state index in [0.717, 1.165) is 68.7 Å². The number of hydrogen-bond acceptors (Lipinski definition) is 12. The monoisotopic (exact) mass is 957 g/mol. The lowest BCUT2D eigenvalue weighted by Crippen LogP contribution is -2.64. The van der Waals surface area contributed by atoms with Crippen LogP contribution in [0.5, 0.6) is 0 Å². The number of nitrogens with zero attached hydrogens (tertiary/aromatic N) is 2. The van der Waals surface area contributed by atoms with Crippen LogP contribution in [0.15, 0.2) is 65.3 Å². The number of ether oxygens (including phenoxy) is 4. The van der Waals surface area contributed by atoms with Crippen molar-refractivity contribution in [2.45, 2.75) is 108 Å². The third-order valence-electron chi connectivity index (χ3n) is 15.9. The first-order valence-corrected chi connectivity index (χ1v) is 25.5. The second kappa shape index (κ2) is 21.8. The Bertz CT molecular complexity index is 2490. The molecule has 3 heterocycles. The number of carbonyl (C=O) groups excluding carboxylic acids is 6. The van der Waals surface area contributed by atoms with Crippen LogP contribution in [0.2, 0.25) is 0 Å². The number of fused-ring (bicyclic) bond motifs is 4. The van der Waals surface area contributed by atoms with Crippen molar-refractivity contribution in [3.8, 4) is 11.8 Å². The Morgan fingerprint density at radius 3 is 2.36 bits per heavy atom. The predicted molar refractivity (Wildman–Crippen MR) is 262 cm³/mol. The summed E-state index contributed by atoms with van der Waals surface area (Å²) in [5.74, 6) is 6.35. The van der Waals surface area contributed by atoms with Gasteiger partial charge in [-0.3, -0.25) is 39.0 Å². The molecule has 1 spiro atoms. The molecule has 4 fully saturated rings. The highest BCUT2D eigenvalue weighted by Crippen LogP contribution is 2.71. The van der Waals surface area contributed by atoms with E-state index in [2.05, 4.69) is 64.0 Å². The van der Waals surface area contributed by atoms with Crippen LogP contribution >= 0.6 is 0 Å². The van der Waals surface area contributed by atoms with E-state index in [-0.39, 0.29) is 52.6 Å². The molecule has 4 aliphatic carbocycles. The number of nitrogens with one attached hydrogen (secondary N) is 3.